The van der Waals surface area contributed by atoms with Gasteiger partial charge in [-0.05, 0) is 13.0 Å². The predicted molar refractivity (Wildman–Crippen MR) is 83.1 cm³/mol. The summed E-state index contributed by atoms with van der Waals surface area (Å²) in [6.07, 6.45) is 0.127. The van der Waals surface area contributed by atoms with Crippen LogP contribution in [0.2, 0.25) is 0 Å². The van der Waals surface area contributed by atoms with Gasteiger partial charge in [-0.1, -0.05) is 17.4 Å². The molecule has 0 saturated heterocycles. The molecule has 0 unspecified atom stereocenters. The number of aromatic nitrogens is 2. The van der Waals surface area contributed by atoms with Crippen molar-refractivity contribution in [3.63, 3.8) is 0 Å². The van der Waals surface area contributed by atoms with Gasteiger partial charge in [0, 0.05) is 5.56 Å². The molecule has 8 heteroatoms. The fourth-order valence-electron chi connectivity index (χ4n) is 1.99. The molecular weight excluding hydrogens is 306 g/mol. The smallest absolute Gasteiger partial charge is 0.230 e. The van der Waals surface area contributed by atoms with Crippen LogP contribution < -0.4 is 19.5 Å². The molecule has 0 spiro atoms. The van der Waals surface area contributed by atoms with Crippen molar-refractivity contribution in [3.05, 3.63) is 22.7 Å². The van der Waals surface area contributed by atoms with Crippen LogP contribution >= 0.6 is 11.3 Å². The SMILES string of the molecule is COc1ccc(CC(=O)Nc2nnc(C)s2)c(OC)c1OC. The molecule has 1 N–H and O–H groups in total. The summed E-state index contributed by atoms with van der Waals surface area (Å²) < 4.78 is 15.9. The first-order chi connectivity index (χ1) is 10.6. The van der Waals surface area contributed by atoms with Crippen molar-refractivity contribution in [3.8, 4) is 17.2 Å². The number of hydrogen-bond donors (Lipinski definition) is 1. The molecule has 1 heterocycles. The Labute approximate surface area is 132 Å². The van der Waals surface area contributed by atoms with E-state index in [2.05, 4.69) is 15.5 Å². The first-order valence-corrected chi connectivity index (χ1v) is 7.28. The summed E-state index contributed by atoms with van der Waals surface area (Å²) in [5.74, 6) is 1.28. The highest BCUT2D eigenvalue weighted by Gasteiger charge is 2.18. The number of nitrogens with zero attached hydrogens (tertiary/aromatic N) is 2. The molecule has 22 heavy (non-hydrogen) atoms. The van der Waals surface area contributed by atoms with Crippen molar-refractivity contribution in [1.82, 2.24) is 10.2 Å². The second kappa shape index (κ2) is 7.08. The van der Waals surface area contributed by atoms with Gasteiger partial charge in [-0.2, -0.15) is 0 Å². The van der Waals surface area contributed by atoms with E-state index in [4.69, 9.17) is 14.2 Å². The molecule has 1 aromatic carbocycles. The van der Waals surface area contributed by atoms with Crippen LogP contribution in [0, 0.1) is 6.92 Å². The molecule has 1 amide bonds. The van der Waals surface area contributed by atoms with Crippen LogP contribution in [0.1, 0.15) is 10.6 Å². The van der Waals surface area contributed by atoms with Crippen molar-refractivity contribution in [2.24, 2.45) is 0 Å². The van der Waals surface area contributed by atoms with Gasteiger partial charge < -0.3 is 19.5 Å². The van der Waals surface area contributed by atoms with E-state index in [-0.39, 0.29) is 12.3 Å². The second-order valence-corrected chi connectivity index (χ2v) is 5.53. The molecule has 0 saturated carbocycles. The van der Waals surface area contributed by atoms with E-state index in [9.17, 15) is 4.79 Å². The number of aryl methyl sites for hydroxylation is 1. The van der Waals surface area contributed by atoms with Gasteiger partial charge in [0.15, 0.2) is 11.5 Å². The van der Waals surface area contributed by atoms with Crippen molar-refractivity contribution in [1.29, 1.82) is 0 Å². The molecule has 1 aromatic heterocycles. The highest BCUT2D eigenvalue weighted by atomic mass is 32.1. The maximum atomic E-state index is 12.1. The van der Waals surface area contributed by atoms with Crippen LogP contribution in [-0.4, -0.2) is 37.4 Å². The lowest BCUT2D eigenvalue weighted by molar-refractivity contribution is -0.115. The summed E-state index contributed by atoms with van der Waals surface area (Å²) in [6, 6.07) is 3.50. The number of amides is 1. The number of methoxy groups -OCH3 is 3. The lowest BCUT2D eigenvalue weighted by atomic mass is 10.1. The van der Waals surface area contributed by atoms with E-state index in [0.717, 1.165) is 5.01 Å². The number of ether oxygens (including phenoxy) is 3. The summed E-state index contributed by atoms with van der Waals surface area (Å²) >= 11 is 1.32. The largest absolute Gasteiger partial charge is 0.493 e. The Balaban J connectivity index is 2.19. The number of benzene rings is 1. The third-order valence-corrected chi connectivity index (χ3v) is 3.66. The molecule has 0 atom stereocenters. The number of hydrogen-bond acceptors (Lipinski definition) is 7. The monoisotopic (exact) mass is 323 g/mol. The summed E-state index contributed by atoms with van der Waals surface area (Å²) in [6.45, 7) is 1.82. The fourth-order valence-corrected chi connectivity index (χ4v) is 2.59. The van der Waals surface area contributed by atoms with Gasteiger partial charge in [-0.25, -0.2) is 0 Å². The number of anilines is 1. The summed E-state index contributed by atoms with van der Waals surface area (Å²) in [4.78, 5) is 12.1. The Hall–Kier alpha value is -2.35. The van der Waals surface area contributed by atoms with Crippen LogP contribution in [0.25, 0.3) is 0 Å². The molecule has 0 radical (unpaired) electrons. The molecule has 0 fully saturated rings. The molecule has 2 rings (SSSR count). The van der Waals surface area contributed by atoms with Crippen LogP contribution in [0.3, 0.4) is 0 Å². The Morgan fingerprint density at radius 3 is 2.41 bits per heavy atom. The number of carbonyl (C=O) groups is 1. The summed E-state index contributed by atoms with van der Waals surface area (Å²) in [5, 5.41) is 11.7. The minimum absolute atomic E-state index is 0.127. The van der Waals surface area contributed by atoms with Gasteiger partial charge in [0.05, 0.1) is 27.8 Å². The quantitative estimate of drug-likeness (QED) is 0.876. The van der Waals surface area contributed by atoms with Gasteiger partial charge in [-0.3, -0.25) is 4.79 Å². The minimum atomic E-state index is -0.207. The third kappa shape index (κ3) is 3.45. The lowest BCUT2D eigenvalue weighted by Crippen LogP contribution is -2.15. The summed E-state index contributed by atoms with van der Waals surface area (Å²) in [7, 11) is 4.59. The molecule has 0 aliphatic rings. The van der Waals surface area contributed by atoms with Gasteiger partial charge in [0.1, 0.15) is 5.01 Å². The zero-order chi connectivity index (χ0) is 16.1. The molecule has 7 nitrogen and oxygen atoms in total. The van der Waals surface area contributed by atoms with Gasteiger partial charge in [-0.15, -0.1) is 10.2 Å². The maximum absolute atomic E-state index is 12.1. The predicted octanol–water partition coefficient (Wildman–Crippen LogP) is 2.05. The van der Waals surface area contributed by atoms with E-state index >= 15 is 0 Å². The lowest BCUT2D eigenvalue weighted by Gasteiger charge is -2.15. The fraction of sp³-hybridized carbons (Fsp3) is 0.357. The van der Waals surface area contributed by atoms with Crippen molar-refractivity contribution >= 4 is 22.4 Å². The Kier molecular flexibility index (Phi) is 5.16. The van der Waals surface area contributed by atoms with E-state index in [1.54, 1.807) is 19.2 Å². The average Bonchev–Trinajstić information content (AvgIpc) is 2.91. The van der Waals surface area contributed by atoms with Gasteiger partial charge >= 0.3 is 0 Å². The Bertz CT molecular complexity index is 672. The van der Waals surface area contributed by atoms with Crippen LogP contribution in [-0.2, 0) is 11.2 Å². The number of carbonyl (C=O) groups excluding carboxylic acids is 1. The molecule has 0 aliphatic heterocycles. The third-order valence-electron chi connectivity index (χ3n) is 2.91. The molecule has 118 valence electrons. The van der Waals surface area contributed by atoms with E-state index in [1.165, 1.54) is 25.6 Å². The molecule has 0 bridgehead atoms. The van der Waals surface area contributed by atoms with E-state index in [1.807, 2.05) is 6.92 Å². The van der Waals surface area contributed by atoms with Gasteiger partial charge in [0.25, 0.3) is 0 Å². The molecule has 2 aromatic rings. The molecule has 0 aliphatic carbocycles. The Morgan fingerprint density at radius 2 is 1.86 bits per heavy atom. The van der Waals surface area contributed by atoms with E-state index < -0.39 is 0 Å². The maximum Gasteiger partial charge on any atom is 0.230 e. The minimum Gasteiger partial charge on any atom is -0.493 e. The van der Waals surface area contributed by atoms with E-state index in [0.29, 0.717) is 27.9 Å². The van der Waals surface area contributed by atoms with Crippen LogP contribution in [0.4, 0.5) is 5.13 Å². The second-order valence-electron chi connectivity index (χ2n) is 4.34. The zero-order valence-corrected chi connectivity index (χ0v) is 13.6. The van der Waals surface area contributed by atoms with Gasteiger partial charge in [0.2, 0.25) is 16.8 Å². The first kappa shape index (κ1) is 16.0. The highest BCUT2D eigenvalue weighted by molar-refractivity contribution is 7.15. The van der Waals surface area contributed by atoms with Crippen molar-refractivity contribution in [2.45, 2.75) is 13.3 Å². The zero-order valence-electron chi connectivity index (χ0n) is 12.8. The average molecular weight is 323 g/mol. The van der Waals surface area contributed by atoms with Crippen LogP contribution in [0.5, 0.6) is 17.2 Å². The first-order valence-electron chi connectivity index (χ1n) is 6.46. The standard InChI is InChI=1S/C14H17N3O4S/c1-8-16-17-14(22-8)15-11(18)7-9-5-6-10(19-2)13(21-4)12(9)20-3/h5-6H,7H2,1-4H3,(H,15,17,18). The topological polar surface area (TPSA) is 82.6 Å². The number of rotatable bonds is 6. The highest BCUT2D eigenvalue weighted by Crippen LogP contribution is 2.39. The van der Waals surface area contributed by atoms with Crippen LogP contribution in [0.15, 0.2) is 12.1 Å². The number of nitrogens with one attached hydrogen (secondary N) is 1. The summed E-state index contributed by atoms with van der Waals surface area (Å²) in [5.41, 5.74) is 0.693. The Morgan fingerprint density at radius 1 is 1.14 bits per heavy atom. The normalized spacial score (nSPS) is 10.2. The van der Waals surface area contributed by atoms with Crippen molar-refractivity contribution < 1.29 is 19.0 Å². The van der Waals surface area contributed by atoms with Crippen molar-refractivity contribution in [2.75, 3.05) is 26.6 Å². The molecular formula is C14H17N3O4S.